The van der Waals surface area contributed by atoms with Gasteiger partial charge >= 0.3 is 6.01 Å². The number of halogens is 1. The third-order valence-electron chi connectivity index (χ3n) is 4.51. The molecule has 0 aliphatic carbocycles. The van der Waals surface area contributed by atoms with Gasteiger partial charge in [0.2, 0.25) is 10.0 Å². The second-order valence-electron chi connectivity index (χ2n) is 6.24. The lowest BCUT2D eigenvalue weighted by Crippen LogP contribution is -2.42. The van der Waals surface area contributed by atoms with Crippen LogP contribution in [0, 0.1) is 5.82 Å². The Bertz CT molecular complexity index is 882. The van der Waals surface area contributed by atoms with Crippen molar-refractivity contribution in [1.29, 1.82) is 0 Å². The zero-order valence-electron chi connectivity index (χ0n) is 15.3. The summed E-state index contributed by atoms with van der Waals surface area (Å²) >= 11 is 0. The molecule has 2 aromatic rings. The largest absolute Gasteiger partial charge is 0.495 e. The van der Waals surface area contributed by atoms with Crippen molar-refractivity contribution in [1.82, 2.24) is 14.3 Å². The zero-order chi connectivity index (χ0) is 19.4. The zero-order valence-corrected chi connectivity index (χ0v) is 16.1. The molecule has 1 fully saturated rings. The highest BCUT2D eigenvalue weighted by Gasteiger charge is 2.32. The van der Waals surface area contributed by atoms with Crippen LogP contribution in [-0.4, -0.2) is 49.0 Å². The number of rotatable bonds is 6. The first-order chi connectivity index (χ1) is 12.9. The summed E-state index contributed by atoms with van der Waals surface area (Å²) in [5.74, 6) is -0.501. The van der Waals surface area contributed by atoms with Crippen LogP contribution >= 0.6 is 0 Å². The van der Waals surface area contributed by atoms with Gasteiger partial charge in [0.15, 0.2) is 0 Å². The first-order valence-corrected chi connectivity index (χ1v) is 10.2. The molecule has 1 aliphatic heterocycles. The van der Waals surface area contributed by atoms with Gasteiger partial charge < -0.3 is 9.47 Å². The second-order valence-corrected chi connectivity index (χ2v) is 8.15. The van der Waals surface area contributed by atoms with E-state index in [0.717, 1.165) is 18.1 Å². The Morgan fingerprint density at radius 2 is 1.89 bits per heavy atom. The van der Waals surface area contributed by atoms with E-state index in [-0.39, 0.29) is 29.8 Å². The molecule has 0 spiro atoms. The number of piperidine rings is 1. The minimum Gasteiger partial charge on any atom is -0.495 e. The van der Waals surface area contributed by atoms with Gasteiger partial charge in [-0.1, -0.05) is 6.92 Å². The molecule has 2 heterocycles. The van der Waals surface area contributed by atoms with Crippen molar-refractivity contribution in [3.8, 4) is 11.8 Å². The molecule has 1 saturated heterocycles. The Balaban J connectivity index is 1.66. The maximum atomic E-state index is 13.6. The Kier molecular flexibility index (Phi) is 5.91. The monoisotopic (exact) mass is 395 g/mol. The molecular formula is C18H22FN3O4S. The van der Waals surface area contributed by atoms with Gasteiger partial charge in [0.05, 0.1) is 7.11 Å². The minimum absolute atomic E-state index is 0.124. The lowest BCUT2D eigenvalue weighted by atomic mass is 10.1. The highest BCUT2D eigenvalue weighted by molar-refractivity contribution is 7.89. The predicted octanol–water partition coefficient (Wildman–Crippen LogP) is 2.42. The Morgan fingerprint density at radius 3 is 2.48 bits per heavy atom. The van der Waals surface area contributed by atoms with Crippen LogP contribution in [0.3, 0.4) is 0 Å². The number of methoxy groups -OCH3 is 1. The molecule has 1 aromatic heterocycles. The number of ether oxygens (including phenoxy) is 2. The molecule has 3 rings (SSSR count). The van der Waals surface area contributed by atoms with Gasteiger partial charge in [-0.25, -0.2) is 22.8 Å². The van der Waals surface area contributed by atoms with Gasteiger partial charge in [-0.15, -0.1) is 0 Å². The van der Waals surface area contributed by atoms with Crippen molar-refractivity contribution in [2.24, 2.45) is 0 Å². The molecule has 146 valence electrons. The van der Waals surface area contributed by atoms with E-state index < -0.39 is 15.8 Å². The fourth-order valence-electron chi connectivity index (χ4n) is 2.92. The van der Waals surface area contributed by atoms with Crippen LogP contribution in [0.5, 0.6) is 11.8 Å². The molecular weight excluding hydrogens is 373 g/mol. The van der Waals surface area contributed by atoms with E-state index >= 15 is 0 Å². The summed E-state index contributed by atoms with van der Waals surface area (Å²) < 4.78 is 51.5. The fraction of sp³-hybridized carbons (Fsp3) is 0.444. The van der Waals surface area contributed by atoms with E-state index in [1.54, 1.807) is 12.4 Å². The number of aryl methyl sites for hydroxylation is 1. The quantitative estimate of drug-likeness (QED) is 0.747. The first kappa shape index (κ1) is 19.5. The number of nitrogens with zero attached hydrogens (tertiary/aromatic N) is 3. The van der Waals surface area contributed by atoms with E-state index in [4.69, 9.17) is 9.47 Å². The predicted molar refractivity (Wildman–Crippen MR) is 96.8 cm³/mol. The van der Waals surface area contributed by atoms with Gasteiger partial charge in [0, 0.05) is 25.5 Å². The summed E-state index contributed by atoms with van der Waals surface area (Å²) in [6.07, 6.45) is 5.11. The maximum absolute atomic E-state index is 13.6. The third-order valence-corrected chi connectivity index (χ3v) is 6.43. The molecule has 0 bridgehead atoms. The summed E-state index contributed by atoms with van der Waals surface area (Å²) in [6, 6.07) is 3.76. The molecule has 0 N–H and O–H groups in total. The van der Waals surface area contributed by atoms with Gasteiger partial charge in [-0.05, 0) is 43.0 Å². The molecule has 7 nitrogen and oxygen atoms in total. The van der Waals surface area contributed by atoms with Gasteiger partial charge in [-0.2, -0.15) is 4.31 Å². The summed E-state index contributed by atoms with van der Waals surface area (Å²) in [5.41, 5.74) is 1.02. The Hall–Kier alpha value is -2.26. The molecule has 1 aliphatic rings. The standard InChI is InChI=1S/C18H22FN3O4S/c1-3-13-11-20-18(21-12-13)26-15-6-8-22(9-7-15)27(23,24)17-10-14(19)4-5-16(17)25-2/h4-5,10-12,15H,3,6-9H2,1-2H3. The minimum atomic E-state index is -3.85. The van der Waals surface area contributed by atoms with E-state index in [9.17, 15) is 12.8 Å². The maximum Gasteiger partial charge on any atom is 0.316 e. The van der Waals surface area contributed by atoms with Crippen molar-refractivity contribution in [2.45, 2.75) is 37.2 Å². The second kappa shape index (κ2) is 8.18. The van der Waals surface area contributed by atoms with Crippen LogP contribution in [0.25, 0.3) is 0 Å². The average molecular weight is 395 g/mol. The molecule has 0 atom stereocenters. The van der Waals surface area contributed by atoms with Gasteiger partial charge in [0.1, 0.15) is 22.6 Å². The van der Waals surface area contributed by atoms with E-state index in [1.807, 2.05) is 6.92 Å². The highest BCUT2D eigenvalue weighted by Crippen LogP contribution is 2.29. The number of hydrogen-bond acceptors (Lipinski definition) is 6. The highest BCUT2D eigenvalue weighted by atomic mass is 32.2. The number of sulfonamides is 1. The number of aromatic nitrogens is 2. The van der Waals surface area contributed by atoms with E-state index in [1.165, 1.54) is 23.5 Å². The fourth-order valence-corrected chi connectivity index (χ4v) is 4.55. The molecule has 27 heavy (non-hydrogen) atoms. The van der Waals surface area contributed by atoms with Crippen LogP contribution in [0.4, 0.5) is 4.39 Å². The lowest BCUT2D eigenvalue weighted by Gasteiger charge is -2.31. The molecule has 1 aromatic carbocycles. The summed E-state index contributed by atoms with van der Waals surface area (Å²) in [4.78, 5) is 8.17. The lowest BCUT2D eigenvalue weighted by molar-refractivity contribution is 0.124. The summed E-state index contributed by atoms with van der Waals surface area (Å²) in [5, 5.41) is 0. The van der Waals surface area contributed by atoms with Crippen LogP contribution < -0.4 is 9.47 Å². The first-order valence-electron chi connectivity index (χ1n) is 8.75. The van der Waals surface area contributed by atoms with E-state index in [0.29, 0.717) is 18.9 Å². The molecule has 0 radical (unpaired) electrons. The normalized spacial score (nSPS) is 16.3. The van der Waals surface area contributed by atoms with E-state index in [2.05, 4.69) is 9.97 Å². The SMILES string of the molecule is CCc1cnc(OC2CCN(S(=O)(=O)c3cc(F)ccc3OC)CC2)nc1. The van der Waals surface area contributed by atoms with Gasteiger partial charge in [-0.3, -0.25) is 0 Å². The Morgan fingerprint density at radius 1 is 1.22 bits per heavy atom. The molecule has 9 heteroatoms. The van der Waals surface area contributed by atoms with Crippen LogP contribution in [-0.2, 0) is 16.4 Å². The van der Waals surface area contributed by atoms with Gasteiger partial charge in [0.25, 0.3) is 0 Å². The summed E-state index contributed by atoms with van der Waals surface area (Å²) in [7, 11) is -2.49. The molecule has 0 unspecified atom stereocenters. The topological polar surface area (TPSA) is 81.6 Å². The van der Waals surface area contributed by atoms with Crippen LogP contribution in [0.1, 0.15) is 25.3 Å². The third kappa shape index (κ3) is 4.36. The van der Waals surface area contributed by atoms with Crippen molar-refractivity contribution < 1.29 is 22.3 Å². The van der Waals surface area contributed by atoms with Crippen molar-refractivity contribution >= 4 is 10.0 Å². The van der Waals surface area contributed by atoms with Crippen molar-refractivity contribution in [3.05, 3.63) is 42.0 Å². The van der Waals surface area contributed by atoms with Crippen molar-refractivity contribution in [2.75, 3.05) is 20.2 Å². The molecule has 0 amide bonds. The van der Waals surface area contributed by atoms with Crippen molar-refractivity contribution in [3.63, 3.8) is 0 Å². The smallest absolute Gasteiger partial charge is 0.316 e. The Labute approximate surface area is 158 Å². The average Bonchev–Trinajstić information content (AvgIpc) is 2.69. The number of benzene rings is 1. The number of hydrogen-bond donors (Lipinski definition) is 0. The summed E-state index contributed by atoms with van der Waals surface area (Å²) in [6.45, 7) is 2.54. The van der Waals surface area contributed by atoms with Crippen LogP contribution in [0.15, 0.2) is 35.5 Å². The molecule has 0 saturated carbocycles. The van der Waals surface area contributed by atoms with Crippen LogP contribution in [0.2, 0.25) is 0 Å².